The van der Waals surface area contributed by atoms with Gasteiger partial charge >= 0.3 is 11.6 Å². The number of hydrogen-bond donors (Lipinski definition) is 0. The van der Waals surface area contributed by atoms with E-state index in [4.69, 9.17) is 27.9 Å². The van der Waals surface area contributed by atoms with Gasteiger partial charge in [0.15, 0.2) is 0 Å². The van der Waals surface area contributed by atoms with E-state index in [0.29, 0.717) is 12.3 Å². The first-order valence-electron chi connectivity index (χ1n) is 5.63. The molecule has 2 aromatic rings. The summed E-state index contributed by atoms with van der Waals surface area (Å²) < 4.78 is 47.3. The Morgan fingerprint density at radius 2 is 1.73 bits per heavy atom. The third-order valence-corrected chi connectivity index (χ3v) is 2.72. The fourth-order valence-corrected chi connectivity index (χ4v) is 1.73. The molecule has 0 fully saturated rings. The van der Waals surface area contributed by atoms with E-state index in [1.54, 1.807) is 0 Å². The molecule has 9 heteroatoms. The van der Waals surface area contributed by atoms with Gasteiger partial charge in [0.1, 0.15) is 16.5 Å². The van der Waals surface area contributed by atoms with Crippen molar-refractivity contribution in [2.75, 3.05) is 0 Å². The van der Waals surface area contributed by atoms with Crippen LogP contribution in [0.5, 0.6) is 17.4 Å². The van der Waals surface area contributed by atoms with Gasteiger partial charge in [-0.05, 0) is 30.3 Å². The standard InChI is InChI=1S/C13H6Cl2F3NO3/c14-10-5-7(13(16,17)18)6-19-11(10)21-8-1-3-9(4-2-8)22-12(15)20/h1-6H. The summed E-state index contributed by atoms with van der Waals surface area (Å²) in [6.07, 6.45) is -3.92. The molecule has 0 N–H and O–H groups in total. The van der Waals surface area contributed by atoms with Gasteiger partial charge in [0, 0.05) is 17.8 Å². The van der Waals surface area contributed by atoms with Crippen LogP contribution in [-0.4, -0.2) is 10.4 Å². The maximum absolute atomic E-state index is 12.5. The molecule has 0 saturated heterocycles. The number of aromatic nitrogens is 1. The van der Waals surface area contributed by atoms with E-state index in [0.717, 1.165) is 0 Å². The van der Waals surface area contributed by atoms with Gasteiger partial charge in [-0.1, -0.05) is 11.6 Å². The molecule has 116 valence electrons. The number of hydrogen-bond acceptors (Lipinski definition) is 4. The first-order valence-corrected chi connectivity index (χ1v) is 6.39. The molecule has 1 heterocycles. The SMILES string of the molecule is O=C(Cl)Oc1ccc(Oc2ncc(C(F)(F)F)cc2Cl)cc1. The molecule has 0 radical (unpaired) electrons. The van der Waals surface area contributed by atoms with Crippen LogP contribution in [0.2, 0.25) is 5.02 Å². The van der Waals surface area contributed by atoms with Gasteiger partial charge in [-0.3, -0.25) is 0 Å². The molecule has 0 saturated carbocycles. The maximum atomic E-state index is 12.5. The second-order valence-corrected chi connectivity index (χ2v) is 4.64. The van der Waals surface area contributed by atoms with Crippen LogP contribution >= 0.6 is 23.2 Å². The molecule has 2 rings (SSSR count). The van der Waals surface area contributed by atoms with Crippen molar-refractivity contribution in [3.05, 3.63) is 47.1 Å². The molecule has 1 aromatic carbocycles. The van der Waals surface area contributed by atoms with Crippen molar-refractivity contribution < 1.29 is 27.4 Å². The minimum Gasteiger partial charge on any atom is -0.438 e. The van der Waals surface area contributed by atoms with Gasteiger partial charge in [0.25, 0.3) is 0 Å². The first-order chi connectivity index (χ1) is 10.3. The highest BCUT2D eigenvalue weighted by atomic mass is 35.5. The Morgan fingerprint density at radius 1 is 1.14 bits per heavy atom. The van der Waals surface area contributed by atoms with Crippen molar-refractivity contribution in [1.29, 1.82) is 0 Å². The minimum absolute atomic E-state index is 0.179. The molecule has 0 amide bonds. The Labute approximate surface area is 132 Å². The van der Waals surface area contributed by atoms with E-state index in [9.17, 15) is 18.0 Å². The van der Waals surface area contributed by atoms with Crippen molar-refractivity contribution in [2.24, 2.45) is 0 Å². The number of carbonyl (C=O) groups excluding carboxylic acids is 1. The highest BCUT2D eigenvalue weighted by Gasteiger charge is 2.31. The molecule has 22 heavy (non-hydrogen) atoms. The molecule has 0 aliphatic rings. The van der Waals surface area contributed by atoms with E-state index in [-0.39, 0.29) is 22.4 Å². The zero-order valence-corrected chi connectivity index (χ0v) is 12.0. The zero-order chi connectivity index (χ0) is 16.3. The zero-order valence-electron chi connectivity index (χ0n) is 10.5. The fraction of sp³-hybridized carbons (Fsp3) is 0.0769. The van der Waals surface area contributed by atoms with E-state index >= 15 is 0 Å². The summed E-state index contributed by atoms with van der Waals surface area (Å²) in [6.45, 7) is 0. The molecule has 0 spiro atoms. The Morgan fingerprint density at radius 3 is 2.23 bits per heavy atom. The number of benzene rings is 1. The second-order valence-electron chi connectivity index (χ2n) is 3.92. The van der Waals surface area contributed by atoms with Crippen LogP contribution in [0.15, 0.2) is 36.5 Å². The number of carbonyl (C=O) groups is 1. The number of alkyl halides is 3. The van der Waals surface area contributed by atoms with Crippen LogP contribution in [0.4, 0.5) is 18.0 Å². The van der Waals surface area contributed by atoms with Crippen molar-refractivity contribution in [3.8, 4) is 17.4 Å². The molecule has 0 aliphatic heterocycles. The smallest absolute Gasteiger partial charge is 0.417 e. The highest BCUT2D eigenvalue weighted by Crippen LogP contribution is 2.34. The van der Waals surface area contributed by atoms with Crippen molar-refractivity contribution >= 4 is 28.6 Å². The minimum atomic E-state index is -4.54. The number of pyridine rings is 1. The topological polar surface area (TPSA) is 48.4 Å². The molecule has 0 bridgehead atoms. The normalized spacial score (nSPS) is 11.1. The molecule has 0 atom stereocenters. The lowest BCUT2D eigenvalue weighted by molar-refractivity contribution is -0.137. The number of rotatable bonds is 3. The summed E-state index contributed by atoms with van der Waals surface area (Å²) >= 11 is 10.8. The van der Waals surface area contributed by atoms with Crippen LogP contribution in [0.3, 0.4) is 0 Å². The third kappa shape index (κ3) is 4.25. The largest absolute Gasteiger partial charge is 0.438 e. The summed E-state index contributed by atoms with van der Waals surface area (Å²) in [6, 6.07) is 6.30. The van der Waals surface area contributed by atoms with Crippen LogP contribution in [-0.2, 0) is 6.18 Å². The Balaban J connectivity index is 2.15. The van der Waals surface area contributed by atoms with E-state index < -0.39 is 17.2 Å². The number of nitrogens with zero attached hydrogens (tertiary/aromatic N) is 1. The lowest BCUT2D eigenvalue weighted by Crippen LogP contribution is -2.05. The average molecular weight is 352 g/mol. The summed E-state index contributed by atoms with van der Waals surface area (Å²) in [7, 11) is 0. The van der Waals surface area contributed by atoms with Crippen LogP contribution in [0.25, 0.3) is 0 Å². The Kier molecular flexibility index (Phi) is 4.77. The molecule has 1 aromatic heterocycles. The molecule has 0 unspecified atom stereocenters. The van der Waals surface area contributed by atoms with Crippen LogP contribution in [0.1, 0.15) is 5.56 Å². The van der Waals surface area contributed by atoms with Gasteiger partial charge in [0.2, 0.25) is 5.88 Å². The molecule has 4 nitrogen and oxygen atoms in total. The predicted molar refractivity (Wildman–Crippen MR) is 72.6 cm³/mol. The van der Waals surface area contributed by atoms with E-state index in [1.807, 2.05) is 0 Å². The molecule has 0 aliphatic carbocycles. The van der Waals surface area contributed by atoms with Gasteiger partial charge in [0.05, 0.1) is 5.56 Å². The highest BCUT2D eigenvalue weighted by molar-refractivity contribution is 6.61. The van der Waals surface area contributed by atoms with Gasteiger partial charge < -0.3 is 9.47 Å². The summed E-state index contributed by atoms with van der Waals surface area (Å²) in [5.41, 5.74) is -1.98. The maximum Gasteiger partial charge on any atom is 0.417 e. The third-order valence-electron chi connectivity index (χ3n) is 2.37. The Hall–Kier alpha value is -1.99. The van der Waals surface area contributed by atoms with Gasteiger partial charge in [-0.15, -0.1) is 0 Å². The first kappa shape index (κ1) is 16.4. The van der Waals surface area contributed by atoms with E-state index in [2.05, 4.69) is 9.72 Å². The van der Waals surface area contributed by atoms with E-state index in [1.165, 1.54) is 24.3 Å². The lowest BCUT2D eigenvalue weighted by atomic mass is 10.3. The number of halogens is 5. The summed E-state index contributed by atoms with van der Waals surface area (Å²) in [5.74, 6) is 0.235. The van der Waals surface area contributed by atoms with Gasteiger partial charge in [-0.2, -0.15) is 13.2 Å². The van der Waals surface area contributed by atoms with Gasteiger partial charge in [-0.25, -0.2) is 9.78 Å². The van der Waals surface area contributed by atoms with Crippen LogP contribution < -0.4 is 9.47 Å². The Bertz CT molecular complexity index is 690. The predicted octanol–water partition coefficient (Wildman–Crippen LogP) is 5.28. The average Bonchev–Trinajstić information content (AvgIpc) is 2.41. The number of ether oxygens (including phenoxy) is 2. The lowest BCUT2D eigenvalue weighted by Gasteiger charge is -2.10. The fourth-order valence-electron chi connectivity index (χ4n) is 1.44. The quantitative estimate of drug-likeness (QED) is 0.705. The summed E-state index contributed by atoms with van der Waals surface area (Å²) in [5, 5.41) is -0.286. The molecular formula is C13H6Cl2F3NO3. The monoisotopic (exact) mass is 351 g/mol. The molecular weight excluding hydrogens is 346 g/mol. The second kappa shape index (κ2) is 6.41. The van der Waals surface area contributed by atoms with Crippen molar-refractivity contribution in [3.63, 3.8) is 0 Å². The van der Waals surface area contributed by atoms with Crippen molar-refractivity contribution in [2.45, 2.75) is 6.18 Å². The van der Waals surface area contributed by atoms with Crippen LogP contribution in [0, 0.1) is 0 Å². The summed E-state index contributed by atoms with van der Waals surface area (Å²) in [4.78, 5) is 14.1. The van der Waals surface area contributed by atoms with Crippen molar-refractivity contribution in [1.82, 2.24) is 4.98 Å².